The molecule has 2 aromatic carbocycles. The predicted molar refractivity (Wildman–Crippen MR) is 94.0 cm³/mol. The lowest BCUT2D eigenvalue weighted by molar-refractivity contribution is 0.122. The van der Waals surface area contributed by atoms with Gasteiger partial charge >= 0.3 is 0 Å². The van der Waals surface area contributed by atoms with Gasteiger partial charge in [-0.15, -0.1) is 0 Å². The quantitative estimate of drug-likeness (QED) is 0.732. The van der Waals surface area contributed by atoms with E-state index in [0.29, 0.717) is 0 Å². The molecule has 1 aliphatic heterocycles. The number of nitrogens with zero attached hydrogens (tertiary/aromatic N) is 2. The van der Waals surface area contributed by atoms with Crippen molar-refractivity contribution < 1.29 is 8.78 Å². The van der Waals surface area contributed by atoms with Crippen LogP contribution in [-0.4, -0.2) is 28.2 Å². The van der Waals surface area contributed by atoms with Crippen molar-refractivity contribution in [1.82, 2.24) is 9.80 Å². The first-order valence-corrected chi connectivity index (χ1v) is 8.42. The average Bonchev–Trinajstić information content (AvgIpc) is 2.54. The minimum atomic E-state index is -0.262. The number of hydrogen-bond acceptors (Lipinski definition) is 3. The molecule has 2 aromatic rings. The van der Waals surface area contributed by atoms with E-state index in [0.717, 1.165) is 15.4 Å². The van der Waals surface area contributed by atoms with Gasteiger partial charge < -0.3 is 4.90 Å². The Balaban J connectivity index is 1.96. The average molecular weight is 350 g/mol. The highest BCUT2D eigenvalue weighted by Crippen LogP contribution is 2.44. The number of thioether (sulfide) groups is 1. The van der Waals surface area contributed by atoms with E-state index < -0.39 is 0 Å². The summed E-state index contributed by atoms with van der Waals surface area (Å²) in [5.41, 5.74) is 1.95. The van der Waals surface area contributed by atoms with Crippen molar-refractivity contribution >= 4 is 28.3 Å². The van der Waals surface area contributed by atoms with Crippen molar-refractivity contribution in [2.45, 2.75) is 11.5 Å². The maximum absolute atomic E-state index is 13.2. The van der Waals surface area contributed by atoms with Crippen LogP contribution in [-0.2, 0) is 0 Å². The monoisotopic (exact) mass is 350 g/mol. The number of thiocarbonyl (C=S) groups is 1. The topological polar surface area (TPSA) is 6.48 Å². The van der Waals surface area contributed by atoms with Crippen molar-refractivity contribution in [2.24, 2.45) is 0 Å². The maximum atomic E-state index is 13.2. The van der Waals surface area contributed by atoms with Gasteiger partial charge in [0.2, 0.25) is 0 Å². The summed E-state index contributed by atoms with van der Waals surface area (Å²) in [4.78, 5) is 4.15. The first-order valence-electron chi connectivity index (χ1n) is 7.13. The van der Waals surface area contributed by atoms with Crippen LogP contribution < -0.4 is 0 Å². The Bertz CT molecular complexity index is 704. The van der Waals surface area contributed by atoms with Gasteiger partial charge in [0.25, 0.3) is 0 Å². The molecule has 0 N–H and O–H groups in total. The summed E-state index contributed by atoms with van der Waals surface area (Å²) < 4.78 is 27.1. The zero-order valence-corrected chi connectivity index (χ0v) is 14.4. The third kappa shape index (κ3) is 3.24. The van der Waals surface area contributed by atoms with Crippen LogP contribution in [0.15, 0.2) is 48.5 Å². The van der Waals surface area contributed by atoms with Crippen LogP contribution in [0, 0.1) is 11.6 Å². The van der Waals surface area contributed by atoms with Gasteiger partial charge in [-0.05, 0) is 42.4 Å². The van der Waals surface area contributed by atoms with Crippen LogP contribution in [0.4, 0.5) is 8.78 Å². The van der Waals surface area contributed by atoms with Crippen LogP contribution in [0.5, 0.6) is 0 Å². The molecular weight excluding hydrogens is 334 g/mol. The van der Waals surface area contributed by atoms with E-state index in [-0.39, 0.29) is 23.2 Å². The summed E-state index contributed by atoms with van der Waals surface area (Å²) in [6, 6.07) is 12.9. The SMILES string of the molecule is CN1C(=S)S[C@@H](c2ccc(F)cc2)N(C)[C@@H]1c1ccc(F)cc1. The van der Waals surface area contributed by atoms with Crippen molar-refractivity contribution in [2.75, 3.05) is 14.1 Å². The minimum absolute atomic E-state index is 0.0191. The van der Waals surface area contributed by atoms with E-state index in [1.807, 2.05) is 19.0 Å². The Kier molecular flexibility index (Phi) is 4.66. The van der Waals surface area contributed by atoms with Crippen LogP contribution in [0.1, 0.15) is 22.7 Å². The molecule has 6 heteroatoms. The summed E-state index contributed by atoms with van der Waals surface area (Å²) in [6.07, 6.45) is -0.0978. The highest BCUT2D eigenvalue weighted by Gasteiger charge is 2.36. The molecule has 0 saturated carbocycles. The molecule has 0 aromatic heterocycles. The third-order valence-electron chi connectivity index (χ3n) is 3.95. The minimum Gasteiger partial charge on any atom is -0.341 e. The summed E-state index contributed by atoms with van der Waals surface area (Å²) in [7, 11) is 3.92. The van der Waals surface area contributed by atoms with E-state index in [4.69, 9.17) is 12.2 Å². The number of hydrogen-bond donors (Lipinski definition) is 0. The van der Waals surface area contributed by atoms with Crippen molar-refractivity contribution in [3.63, 3.8) is 0 Å². The van der Waals surface area contributed by atoms with Gasteiger partial charge in [-0.25, -0.2) is 8.78 Å². The molecule has 120 valence electrons. The standard InChI is InChI=1S/C17H16F2N2S2/c1-20-15(11-3-7-13(18)8-4-11)21(2)17(22)23-16(20)12-5-9-14(19)10-6-12/h3-10,15-16H,1-2H3/t15-,16-/m0/s1. The maximum Gasteiger partial charge on any atom is 0.139 e. The molecule has 0 unspecified atom stereocenters. The Labute approximate surface area is 144 Å². The van der Waals surface area contributed by atoms with Gasteiger partial charge in [0, 0.05) is 7.05 Å². The smallest absolute Gasteiger partial charge is 0.139 e. The van der Waals surface area contributed by atoms with E-state index >= 15 is 0 Å². The van der Waals surface area contributed by atoms with Crippen LogP contribution in [0.2, 0.25) is 0 Å². The molecule has 2 nitrogen and oxygen atoms in total. The molecule has 0 amide bonds. The Hall–Kier alpha value is -1.50. The predicted octanol–water partition coefficient (Wildman–Crippen LogP) is 4.56. The lowest BCUT2D eigenvalue weighted by Crippen LogP contribution is -2.45. The first kappa shape index (κ1) is 16.4. The van der Waals surface area contributed by atoms with Gasteiger partial charge in [-0.3, -0.25) is 4.90 Å². The first-order chi connectivity index (χ1) is 11.0. The van der Waals surface area contributed by atoms with Crippen LogP contribution in [0.3, 0.4) is 0 Å². The molecule has 3 rings (SSSR count). The zero-order valence-electron chi connectivity index (χ0n) is 12.7. The van der Waals surface area contributed by atoms with Gasteiger partial charge in [-0.1, -0.05) is 48.2 Å². The number of benzene rings is 2. The van der Waals surface area contributed by atoms with Crippen molar-refractivity contribution in [3.8, 4) is 0 Å². The molecule has 0 spiro atoms. The van der Waals surface area contributed by atoms with E-state index in [9.17, 15) is 8.78 Å². The highest BCUT2D eigenvalue weighted by atomic mass is 32.2. The number of rotatable bonds is 2. The highest BCUT2D eigenvalue weighted by molar-refractivity contribution is 8.23. The van der Waals surface area contributed by atoms with Crippen LogP contribution >= 0.6 is 24.0 Å². The fraction of sp³-hybridized carbons (Fsp3) is 0.235. The second kappa shape index (κ2) is 6.55. The summed E-state index contributed by atoms with van der Waals surface area (Å²) in [5, 5.41) is -0.0191. The molecular formula is C17H16F2N2S2. The second-order valence-corrected chi connectivity index (χ2v) is 7.20. The Morgan fingerprint density at radius 3 is 1.87 bits per heavy atom. The van der Waals surface area contributed by atoms with Crippen molar-refractivity contribution in [3.05, 3.63) is 71.3 Å². The molecule has 0 bridgehead atoms. The van der Waals surface area contributed by atoms with Gasteiger partial charge in [0.05, 0.1) is 5.37 Å². The summed E-state index contributed by atoms with van der Waals surface area (Å²) >= 11 is 7.05. The molecule has 2 atom stereocenters. The Morgan fingerprint density at radius 2 is 1.35 bits per heavy atom. The largest absolute Gasteiger partial charge is 0.341 e. The Morgan fingerprint density at radius 1 is 0.870 bits per heavy atom. The van der Waals surface area contributed by atoms with E-state index in [1.165, 1.54) is 24.3 Å². The molecule has 0 radical (unpaired) electrons. The van der Waals surface area contributed by atoms with Gasteiger partial charge in [0.1, 0.15) is 22.1 Å². The van der Waals surface area contributed by atoms with E-state index in [2.05, 4.69) is 4.90 Å². The molecule has 1 heterocycles. The van der Waals surface area contributed by atoms with Gasteiger partial charge in [-0.2, -0.15) is 0 Å². The lowest BCUT2D eigenvalue weighted by Gasteiger charge is -2.46. The second-order valence-electron chi connectivity index (χ2n) is 5.49. The fourth-order valence-electron chi connectivity index (χ4n) is 2.79. The molecule has 0 aliphatic carbocycles. The molecule has 1 saturated heterocycles. The number of halogens is 2. The fourth-order valence-corrected chi connectivity index (χ4v) is 4.19. The van der Waals surface area contributed by atoms with Gasteiger partial charge in [0.15, 0.2) is 0 Å². The van der Waals surface area contributed by atoms with E-state index in [1.54, 1.807) is 36.0 Å². The van der Waals surface area contributed by atoms with Crippen LogP contribution in [0.25, 0.3) is 0 Å². The van der Waals surface area contributed by atoms with Crippen molar-refractivity contribution in [1.29, 1.82) is 0 Å². The molecule has 1 fully saturated rings. The zero-order chi connectivity index (χ0) is 16.6. The molecule has 1 aliphatic rings. The summed E-state index contributed by atoms with van der Waals surface area (Å²) in [5.74, 6) is -0.520. The lowest BCUT2D eigenvalue weighted by atomic mass is 10.1. The third-order valence-corrected chi connectivity index (χ3v) is 5.84. The normalized spacial score (nSPS) is 22.4. The summed E-state index contributed by atoms with van der Waals surface area (Å²) in [6.45, 7) is 0. The molecule has 23 heavy (non-hydrogen) atoms.